The summed E-state index contributed by atoms with van der Waals surface area (Å²) in [6, 6.07) is 3.43. The topological polar surface area (TPSA) is 47.6 Å². The maximum absolute atomic E-state index is 12.1. The Morgan fingerprint density at radius 3 is 2.89 bits per heavy atom. The van der Waals surface area contributed by atoms with E-state index in [0.29, 0.717) is 35.3 Å². The first-order valence-electron chi connectivity index (χ1n) is 6.51. The summed E-state index contributed by atoms with van der Waals surface area (Å²) in [5.41, 5.74) is 0.495. The Balaban J connectivity index is 2.25. The molecule has 2 rings (SSSR count). The summed E-state index contributed by atoms with van der Waals surface area (Å²) in [6.45, 7) is 5.12. The molecule has 5 heteroatoms. The lowest BCUT2D eigenvalue weighted by molar-refractivity contribution is 0.0939. The Bertz CT molecular complexity index is 476. The van der Waals surface area contributed by atoms with Crippen LogP contribution in [0.3, 0.4) is 0 Å². The van der Waals surface area contributed by atoms with Gasteiger partial charge in [0.25, 0.3) is 5.91 Å². The number of rotatable bonds is 3. The van der Waals surface area contributed by atoms with E-state index in [2.05, 4.69) is 5.32 Å². The molecule has 0 aliphatic carbocycles. The zero-order valence-corrected chi connectivity index (χ0v) is 11.9. The van der Waals surface area contributed by atoms with E-state index in [1.807, 2.05) is 13.8 Å². The lowest BCUT2D eigenvalue weighted by atomic mass is 10.1. The van der Waals surface area contributed by atoms with Gasteiger partial charge in [-0.2, -0.15) is 0 Å². The van der Waals surface area contributed by atoms with Crippen LogP contribution in [-0.4, -0.2) is 25.2 Å². The minimum absolute atomic E-state index is 0.127. The van der Waals surface area contributed by atoms with Crippen molar-refractivity contribution in [2.75, 3.05) is 13.2 Å². The van der Waals surface area contributed by atoms with Crippen LogP contribution in [0, 0.1) is 0 Å². The van der Waals surface area contributed by atoms with Crippen LogP contribution in [0.2, 0.25) is 5.02 Å². The van der Waals surface area contributed by atoms with Crippen molar-refractivity contribution in [1.82, 2.24) is 5.32 Å². The largest absolute Gasteiger partial charge is 0.489 e. The second kappa shape index (κ2) is 6.15. The molecule has 0 saturated carbocycles. The highest BCUT2D eigenvalue weighted by Crippen LogP contribution is 2.37. The molecule has 1 aliphatic heterocycles. The van der Waals surface area contributed by atoms with Crippen molar-refractivity contribution >= 4 is 17.5 Å². The number of benzene rings is 1. The number of fused-ring (bicyclic) bond motifs is 1. The van der Waals surface area contributed by atoms with E-state index in [-0.39, 0.29) is 11.9 Å². The molecule has 1 atom stereocenters. The van der Waals surface area contributed by atoms with E-state index in [9.17, 15) is 4.79 Å². The third-order valence-corrected chi connectivity index (χ3v) is 3.33. The fourth-order valence-corrected chi connectivity index (χ4v) is 2.04. The first-order chi connectivity index (χ1) is 9.11. The number of nitrogens with one attached hydrogen (secondary N) is 1. The van der Waals surface area contributed by atoms with Crippen LogP contribution < -0.4 is 14.8 Å². The van der Waals surface area contributed by atoms with Crippen molar-refractivity contribution in [2.24, 2.45) is 0 Å². The predicted molar refractivity (Wildman–Crippen MR) is 74.3 cm³/mol. The van der Waals surface area contributed by atoms with Gasteiger partial charge < -0.3 is 14.8 Å². The Morgan fingerprint density at radius 1 is 1.42 bits per heavy atom. The SMILES string of the molecule is CCC(C)NC(=O)c1cc(Cl)c2c(c1)OCCCO2. The first-order valence-corrected chi connectivity index (χ1v) is 6.89. The van der Waals surface area contributed by atoms with Crippen LogP contribution in [0.15, 0.2) is 12.1 Å². The number of hydrogen-bond donors (Lipinski definition) is 1. The molecule has 1 aromatic carbocycles. The van der Waals surface area contributed by atoms with Gasteiger partial charge >= 0.3 is 0 Å². The summed E-state index contributed by atoms with van der Waals surface area (Å²) < 4.78 is 11.1. The molecule has 1 aliphatic rings. The zero-order valence-electron chi connectivity index (χ0n) is 11.2. The Labute approximate surface area is 118 Å². The molecule has 1 amide bonds. The average Bonchev–Trinajstić information content (AvgIpc) is 2.63. The van der Waals surface area contributed by atoms with Crippen LogP contribution in [0.4, 0.5) is 0 Å². The summed E-state index contributed by atoms with van der Waals surface area (Å²) in [4.78, 5) is 12.1. The van der Waals surface area contributed by atoms with Gasteiger partial charge in [0.05, 0.1) is 18.2 Å². The van der Waals surface area contributed by atoms with Gasteiger partial charge in [0.15, 0.2) is 11.5 Å². The summed E-state index contributed by atoms with van der Waals surface area (Å²) in [5, 5.41) is 3.31. The van der Waals surface area contributed by atoms with Crippen LogP contribution in [0.5, 0.6) is 11.5 Å². The van der Waals surface area contributed by atoms with Crippen LogP contribution in [0.25, 0.3) is 0 Å². The van der Waals surface area contributed by atoms with Crippen molar-refractivity contribution < 1.29 is 14.3 Å². The maximum atomic E-state index is 12.1. The molecule has 1 aromatic rings. The highest BCUT2D eigenvalue weighted by Gasteiger charge is 2.18. The Kier molecular flexibility index (Phi) is 4.53. The van der Waals surface area contributed by atoms with Gasteiger partial charge in [-0.1, -0.05) is 18.5 Å². The van der Waals surface area contributed by atoms with Crippen LogP contribution >= 0.6 is 11.6 Å². The molecule has 1 heterocycles. The Hall–Kier alpha value is -1.42. The fraction of sp³-hybridized carbons (Fsp3) is 0.500. The second-order valence-electron chi connectivity index (χ2n) is 4.62. The number of hydrogen-bond acceptors (Lipinski definition) is 3. The summed E-state index contributed by atoms with van der Waals surface area (Å²) in [5.74, 6) is 0.922. The Morgan fingerprint density at radius 2 is 2.16 bits per heavy atom. The van der Waals surface area contributed by atoms with Gasteiger partial charge in [-0.05, 0) is 25.5 Å². The third kappa shape index (κ3) is 3.32. The highest BCUT2D eigenvalue weighted by molar-refractivity contribution is 6.32. The van der Waals surface area contributed by atoms with Crippen molar-refractivity contribution in [2.45, 2.75) is 32.7 Å². The van der Waals surface area contributed by atoms with Crippen molar-refractivity contribution in [1.29, 1.82) is 0 Å². The lowest BCUT2D eigenvalue weighted by Crippen LogP contribution is -2.31. The number of halogens is 1. The third-order valence-electron chi connectivity index (χ3n) is 3.05. The predicted octanol–water partition coefficient (Wildman–Crippen LogP) is 3.03. The van der Waals surface area contributed by atoms with Gasteiger partial charge in [0.1, 0.15) is 0 Å². The van der Waals surface area contributed by atoms with E-state index >= 15 is 0 Å². The zero-order chi connectivity index (χ0) is 13.8. The van der Waals surface area contributed by atoms with Gasteiger partial charge in [-0.25, -0.2) is 0 Å². The number of carbonyl (C=O) groups excluding carboxylic acids is 1. The van der Waals surface area contributed by atoms with Gasteiger partial charge in [-0.15, -0.1) is 0 Å². The monoisotopic (exact) mass is 283 g/mol. The van der Waals surface area contributed by atoms with Gasteiger partial charge in [0.2, 0.25) is 0 Å². The summed E-state index contributed by atoms with van der Waals surface area (Å²) in [7, 11) is 0. The van der Waals surface area contributed by atoms with Crippen molar-refractivity contribution in [3.05, 3.63) is 22.7 Å². The van der Waals surface area contributed by atoms with E-state index in [0.717, 1.165) is 12.8 Å². The van der Waals surface area contributed by atoms with E-state index < -0.39 is 0 Å². The van der Waals surface area contributed by atoms with Crippen molar-refractivity contribution in [3.8, 4) is 11.5 Å². The van der Waals surface area contributed by atoms with Crippen molar-refractivity contribution in [3.63, 3.8) is 0 Å². The molecule has 0 fully saturated rings. The number of carbonyl (C=O) groups is 1. The maximum Gasteiger partial charge on any atom is 0.251 e. The summed E-state index contributed by atoms with van der Waals surface area (Å²) >= 11 is 6.15. The smallest absolute Gasteiger partial charge is 0.251 e. The molecular weight excluding hydrogens is 266 g/mol. The van der Waals surface area contributed by atoms with E-state index in [1.54, 1.807) is 12.1 Å². The minimum Gasteiger partial charge on any atom is -0.489 e. The molecule has 1 N–H and O–H groups in total. The van der Waals surface area contributed by atoms with E-state index in [4.69, 9.17) is 21.1 Å². The molecule has 19 heavy (non-hydrogen) atoms. The normalized spacial score (nSPS) is 15.5. The van der Waals surface area contributed by atoms with Crippen LogP contribution in [-0.2, 0) is 0 Å². The molecule has 0 saturated heterocycles. The molecule has 1 unspecified atom stereocenters. The molecule has 104 valence electrons. The first kappa shape index (κ1) is 14.0. The molecule has 0 bridgehead atoms. The minimum atomic E-state index is -0.146. The van der Waals surface area contributed by atoms with Gasteiger partial charge in [0, 0.05) is 18.0 Å². The van der Waals surface area contributed by atoms with Crippen LogP contribution in [0.1, 0.15) is 37.0 Å². The quantitative estimate of drug-likeness (QED) is 0.927. The molecule has 0 radical (unpaired) electrons. The highest BCUT2D eigenvalue weighted by atomic mass is 35.5. The molecule has 0 spiro atoms. The molecular formula is C14H18ClNO3. The van der Waals surface area contributed by atoms with E-state index in [1.165, 1.54) is 0 Å². The molecule has 0 aromatic heterocycles. The average molecular weight is 284 g/mol. The standard InChI is InChI=1S/C14H18ClNO3/c1-3-9(2)16-14(17)10-7-11(15)13-12(8-10)18-5-4-6-19-13/h7-9H,3-6H2,1-2H3,(H,16,17). The lowest BCUT2D eigenvalue weighted by Gasteiger charge is -2.14. The number of amides is 1. The molecule has 4 nitrogen and oxygen atoms in total. The second-order valence-corrected chi connectivity index (χ2v) is 5.03. The summed E-state index contributed by atoms with van der Waals surface area (Å²) in [6.07, 6.45) is 1.68. The number of ether oxygens (including phenoxy) is 2. The van der Waals surface area contributed by atoms with Gasteiger partial charge in [-0.3, -0.25) is 4.79 Å². The fourth-order valence-electron chi connectivity index (χ4n) is 1.77.